The fourth-order valence-electron chi connectivity index (χ4n) is 5.09. The number of carbonyl (C=O) groups excluding carboxylic acids is 5. The van der Waals surface area contributed by atoms with Gasteiger partial charge in [0, 0.05) is 50.1 Å². The minimum Gasteiger partial charge on any atom is -0.361 e. The maximum Gasteiger partial charge on any atom is 0.245 e. The van der Waals surface area contributed by atoms with Crippen molar-refractivity contribution >= 4 is 52.8 Å². The number of benzene rings is 2. The number of nitrogens with two attached hydrogens (primary N) is 1. The molecule has 3 aromatic rings. The van der Waals surface area contributed by atoms with Gasteiger partial charge >= 0.3 is 0 Å². The number of carbonyl (C=O) groups is 5. The Balaban J connectivity index is 0.00000529. The molecule has 5 amide bonds. The van der Waals surface area contributed by atoms with E-state index in [4.69, 9.17) is 5.73 Å². The molecule has 1 aromatic heterocycles. The van der Waals surface area contributed by atoms with Crippen molar-refractivity contribution in [3.63, 3.8) is 0 Å². The van der Waals surface area contributed by atoms with Crippen LogP contribution >= 0.6 is 12.4 Å². The second-order valence-corrected chi connectivity index (χ2v) is 10.9. The number of halogens is 1. The van der Waals surface area contributed by atoms with Gasteiger partial charge in [-0.05, 0) is 31.0 Å². The van der Waals surface area contributed by atoms with Crippen LogP contribution in [0.25, 0.3) is 10.9 Å². The summed E-state index contributed by atoms with van der Waals surface area (Å²) in [6.45, 7) is 2.75. The van der Waals surface area contributed by atoms with Crippen molar-refractivity contribution in [3.8, 4) is 0 Å². The van der Waals surface area contributed by atoms with Crippen LogP contribution in [0.2, 0.25) is 0 Å². The van der Waals surface area contributed by atoms with E-state index in [0.29, 0.717) is 0 Å². The average Bonchev–Trinajstić information content (AvgIpc) is 3.40. The number of H-pyrrole nitrogens is 1. The van der Waals surface area contributed by atoms with Crippen LogP contribution in [0.5, 0.6) is 0 Å². The quantitative estimate of drug-likeness (QED) is 0.276. The lowest BCUT2D eigenvalue weighted by Crippen LogP contribution is -2.57. The molecule has 4 atom stereocenters. The normalized spacial score (nSPS) is 21.3. The largest absolute Gasteiger partial charge is 0.361 e. The zero-order valence-electron chi connectivity index (χ0n) is 25.0. The van der Waals surface area contributed by atoms with Gasteiger partial charge in [0.05, 0.1) is 12.6 Å². The number of hydrogen-bond donors (Lipinski definition) is 5. The number of hydrogen-bond acceptors (Lipinski definition) is 6. The summed E-state index contributed by atoms with van der Waals surface area (Å²) in [7, 11) is 1.48. The zero-order valence-corrected chi connectivity index (χ0v) is 25.9. The molecule has 4 rings (SSSR count). The molecule has 0 saturated carbocycles. The third-order valence-electron chi connectivity index (χ3n) is 7.67. The van der Waals surface area contributed by atoms with Crippen LogP contribution in [-0.2, 0) is 36.8 Å². The average molecular weight is 626 g/mol. The van der Waals surface area contributed by atoms with Crippen molar-refractivity contribution in [3.05, 3.63) is 71.9 Å². The summed E-state index contributed by atoms with van der Waals surface area (Å²) in [5, 5.41) is 9.24. The standard InChI is InChI=1S/C31H39N7O5.ClH/c1-19(32)30(42)38-14-13-33-29(41)25(15-21-9-5-4-6-10-21)36-28(40)20(2)37(3)31(43)26(35-27(39)18-38)16-22-17-34-24-12-8-7-11-23(22)24;/h4-12,17,19-20,25-26,34H,13-16,18,32H2,1-3H3,(H,33,41)(H,35,39)(H,36,40);1H/t19-,20+,25+,26+;/m1./s1. The van der Waals surface area contributed by atoms with Crippen molar-refractivity contribution in [1.82, 2.24) is 30.7 Å². The molecule has 12 nitrogen and oxygen atoms in total. The molecule has 2 heterocycles. The molecule has 0 bridgehead atoms. The van der Waals surface area contributed by atoms with E-state index in [1.807, 2.05) is 54.6 Å². The van der Waals surface area contributed by atoms with E-state index in [9.17, 15) is 24.0 Å². The Hall–Kier alpha value is -4.42. The number of aromatic amines is 1. The highest BCUT2D eigenvalue weighted by atomic mass is 35.5. The number of rotatable bonds is 5. The molecule has 6 N–H and O–H groups in total. The van der Waals surface area contributed by atoms with Gasteiger partial charge in [-0.25, -0.2) is 0 Å². The summed E-state index contributed by atoms with van der Waals surface area (Å²) >= 11 is 0. The van der Waals surface area contributed by atoms with Crippen LogP contribution in [0.3, 0.4) is 0 Å². The second-order valence-electron chi connectivity index (χ2n) is 10.9. The van der Waals surface area contributed by atoms with E-state index in [2.05, 4.69) is 20.9 Å². The lowest BCUT2D eigenvalue weighted by atomic mass is 10.0. The molecule has 1 aliphatic heterocycles. The molecule has 13 heteroatoms. The van der Waals surface area contributed by atoms with Crippen molar-refractivity contribution in [1.29, 1.82) is 0 Å². The van der Waals surface area contributed by atoms with Gasteiger partial charge in [0.25, 0.3) is 0 Å². The van der Waals surface area contributed by atoms with E-state index in [1.54, 1.807) is 13.1 Å². The first-order valence-electron chi connectivity index (χ1n) is 14.3. The number of nitrogens with zero attached hydrogens (tertiary/aromatic N) is 2. The summed E-state index contributed by atoms with van der Waals surface area (Å²) in [6.07, 6.45) is 2.15. The fourth-order valence-corrected chi connectivity index (χ4v) is 5.09. The molecule has 1 aliphatic rings. The number of amides is 5. The second kappa shape index (κ2) is 15.3. The Morgan fingerprint density at radius 3 is 2.34 bits per heavy atom. The zero-order chi connectivity index (χ0) is 31.1. The monoisotopic (exact) mass is 625 g/mol. The first-order chi connectivity index (χ1) is 20.5. The van der Waals surface area contributed by atoms with Crippen molar-refractivity contribution in [2.75, 3.05) is 26.7 Å². The third kappa shape index (κ3) is 8.35. The van der Waals surface area contributed by atoms with Gasteiger partial charge in [0.2, 0.25) is 29.5 Å². The van der Waals surface area contributed by atoms with Gasteiger partial charge in [-0.1, -0.05) is 48.5 Å². The summed E-state index contributed by atoms with van der Waals surface area (Å²) in [5.74, 6) is -2.52. The lowest BCUT2D eigenvalue weighted by Gasteiger charge is -2.30. The van der Waals surface area contributed by atoms with E-state index in [1.165, 1.54) is 23.8 Å². The molecule has 0 aliphatic carbocycles. The Bertz CT molecular complexity index is 1480. The molecule has 44 heavy (non-hydrogen) atoms. The maximum atomic E-state index is 13.8. The molecule has 1 fully saturated rings. The SMILES string of the molecule is C[C@@H](N)C(=O)N1CCNC(=O)[C@H](Cc2ccccc2)NC(=O)[C@H](C)N(C)C(=O)[C@H](Cc2c[nH]c3ccccc23)NC(=O)C1.Cl. The van der Waals surface area contributed by atoms with Crippen molar-refractivity contribution in [2.45, 2.75) is 50.9 Å². The Morgan fingerprint density at radius 1 is 0.955 bits per heavy atom. The smallest absolute Gasteiger partial charge is 0.245 e. The van der Waals surface area contributed by atoms with Crippen LogP contribution in [0.1, 0.15) is 25.0 Å². The van der Waals surface area contributed by atoms with Crippen molar-refractivity contribution < 1.29 is 24.0 Å². The number of nitrogens with one attached hydrogen (secondary N) is 4. The lowest BCUT2D eigenvalue weighted by molar-refractivity contribution is -0.142. The van der Waals surface area contributed by atoms with E-state index < -0.39 is 53.7 Å². The summed E-state index contributed by atoms with van der Waals surface area (Å²) in [6, 6.07) is 13.0. The third-order valence-corrected chi connectivity index (χ3v) is 7.67. The molecule has 0 radical (unpaired) electrons. The van der Waals surface area contributed by atoms with Crippen LogP contribution in [-0.4, -0.2) is 95.2 Å². The van der Waals surface area contributed by atoms with Gasteiger partial charge in [0.15, 0.2) is 0 Å². The van der Waals surface area contributed by atoms with Crippen LogP contribution in [0.15, 0.2) is 60.8 Å². The minimum atomic E-state index is -1.04. The van der Waals surface area contributed by atoms with E-state index in [0.717, 1.165) is 22.0 Å². The molecule has 236 valence electrons. The van der Waals surface area contributed by atoms with Crippen molar-refractivity contribution in [2.24, 2.45) is 5.73 Å². The molecular weight excluding hydrogens is 586 g/mol. The summed E-state index contributed by atoms with van der Waals surface area (Å²) < 4.78 is 0. The molecule has 1 saturated heterocycles. The number of para-hydroxylation sites is 1. The fraction of sp³-hybridized carbons (Fsp3) is 0.387. The maximum absolute atomic E-state index is 13.8. The van der Waals surface area contributed by atoms with Gasteiger partial charge in [-0.3, -0.25) is 24.0 Å². The predicted octanol–water partition coefficient (Wildman–Crippen LogP) is 0.497. The Kier molecular flexibility index (Phi) is 11.9. The minimum absolute atomic E-state index is 0. The van der Waals surface area contributed by atoms with E-state index in [-0.39, 0.29) is 44.9 Å². The van der Waals surface area contributed by atoms with Crippen LogP contribution in [0, 0.1) is 0 Å². The van der Waals surface area contributed by atoms with Crippen LogP contribution in [0.4, 0.5) is 0 Å². The highest BCUT2D eigenvalue weighted by molar-refractivity contribution is 5.95. The number of fused-ring (bicyclic) bond motifs is 1. The first-order valence-corrected chi connectivity index (χ1v) is 14.3. The molecular formula is C31H40ClN7O5. The Morgan fingerprint density at radius 2 is 1.64 bits per heavy atom. The number of aromatic nitrogens is 1. The highest BCUT2D eigenvalue weighted by Crippen LogP contribution is 2.20. The van der Waals surface area contributed by atoms with Crippen LogP contribution < -0.4 is 21.7 Å². The summed E-state index contributed by atoms with van der Waals surface area (Å²) in [5.41, 5.74) is 8.37. The molecule has 0 spiro atoms. The van der Waals surface area contributed by atoms with E-state index >= 15 is 0 Å². The number of likely N-dealkylation sites (N-methyl/N-ethyl adjacent to an activating group) is 1. The Labute approximate surface area is 262 Å². The van der Waals surface area contributed by atoms with Gasteiger partial charge in [0.1, 0.15) is 18.1 Å². The summed E-state index contributed by atoms with van der Waals surface area (Å²) in [4.78, 5) is 72.4. The molecule has 0 unspecified atom stereocenters. The van der Waals surface area contributed by atoms with Gasteiger partial charge in [-0.15, -0.1) is 12.4 Å². The van der Waals surface area contributed by atoms with Gasteiger partial charge < -0.3 is 36.5 Å². The molecule has 2 aromatic carbocycles. The topological polar surface area (TPSA) is 170 Å². The predicted molar refractivity (Wildman–Crippen MR) is 169 cm³/mol. The highest BCUT2D eigenvalue weighted by Gasteiger charge is 2.33. The first kappa shape index (κ1) is 34.1. The van der Waals surface area contributed by atoms with Gasteiger partial charge in [-0.2, -0.15) is 0 Å².